The number of ether oxygens (including phenoxy) is 1. The lowest BCUT2D eigenvalue weighted by atomic mass is 10.3. The summed E-state index contributed by atoms with van der Waals surface area (Å²) in [6.45, 7) is 0. The molecule has 0 bridgehead atoms. The second kappa shape index (κ2) is 8.78. The van der Waals surface area contributed by atoms with Crippen LogP contribution in [-0.4, -0.2) is 34.5 Å². The molecule has 0 spiro atoms. The predicted molar refractivity (Wildman–Crippen MR) is 113 cm³/mol. The number of para-hydroxylation sites is 1. The van der Waals surface area contributed by atoms with E-state index < -0.39 is 27.0 Å². The van der Waals surface area contributed by atoms with Crippen molar-refractivity contribution in [2.24, 2.45) is 0 Å². The molecule has 9 nitrogen and oxygen atoms in total. The number of sulfonamides is 1. The standard InChI is InChI=1S/C20H15F3N6O3S/c21-20(22,23)32-16-4-1-2-5-17(16)33(30,31)28-15-8-6-14(7-9-15)27-18-12-19(25-13-24-18)29-11-3-10-26-29/h1-13,28H,(H,24,25,27). The number of hydrogen-bond acceptors (Lipinski definition) is 7. The first-order valence-corrected chi connectivity index (χ1v) is 10.7. The maximum absolute atomic E-state index is 12.6. The van der Waals surface area contributed by atoms with Gasteiger partial charge in [-0.2, -0.15) is 5.10 Å². The van der Waals surface area contributed by atoms with Crippen LogP contribution in [-0.2, 0) is 10.0 Å². The number of halogens is 3. The van der Waals surface area contributed by atoms with Gasteiger partial charge in [-0.05, 0) is 42.5 Å². The van der Waals surface area contributed by atoms with Gasteiger partial charge in [0.25, 0.3) is 10.0 Å². The molecule has 0 aliphatic heterocycles. The highest BCUT2D eigenvalue weighted by Crippen LogP contribution is 2.30. The lowest BCUT2D eigenvalue weighted by Crippen LogP contribution is -2.20. The molecule has 0 saturated heterocycles. The third kappa shape index (κ3) is 5.57. The fourth-order valence-corrected chi connectivity index (χ4v) is 3.99. The summed E-state index contributed by atoms with van der Waals surface area (Å²) in [6.07, 6.45) is -0.326. The Bertz CT molecular complexity index is 1340. The Hall–Kier alpha value is -4.13. The van der Waals surface area contributed by atoms with E-state index in [0.717, 1.165) is 12.1 Å². The largest absolute Gasteiger partial charge is 0.573 e. The number of hydrogen-bond donors (Lipinski definition) is 2. The zero-order valence-corrected chi connectivity index (χ0v) is 17.4. The first kappa shape index (κ1) is 22.1. The van der Waals surface area contributed by atoms with Crippen LogP contribution in [0, 0.1) is 0 Å². The third-order valence-corrected chi connectivity index (χ3v) is 5.59. The van der Waals surface area contributed by atoms with E-state index in [2.05, 4.69) is 29.8 Å². The van der Waals surface area contributed by atoms with Crippen LogP contribution in [0.1, 0.15) is 0 Å². The number of aromatic nitrogens is 4. The van der Waals surface area contributed by atoms with Gasteiger partial charge in [-0.25, -0.2) is 23.1 Å². The minimum absolute atomic E-state index is 0.141. The SMILES string of the molecule is O=S(=O)(Nc1ccc(Nc2cc(-n3cccn3)ncn2)cc1)c1ccccc1OC(F)(F)F. The molecule has 2 aromatic carbocycles. The summed E-state index contributed by atoms with van der Waals surface area (Å²) < 4.78 is 70.7. The molecule has 33 heavy (non-hydrogen) atoms. The molecule has 4 aromatic rings. The van der Waals surface area contributed by atoms with Gasteiger partial charge in [-0.15, -0.1) is 13.2 Å². The van der Waals surface area contributed by atoms with Crippen LogP contribution < -0.4 is 14.8 Å². The number of nitrogens with zero attached hydrogens (tertiary/aromatic N) is 4. The van der Waals surface area contributed by atoms with Crippen LogP contribution in [0.2, 0.25) is 0 Å². The van der Waals surface area contributed by atoms with Gasteiger partial charge in [0, 0.05) is 29.8 Å². The van der Waals surface area contributed by atoms with Crippen molar-refractivity contribution in [3.05, 3.63) is 79.4 Å². The molecular weight excluding hydrogens is 461 g/mol. The van der Waals surface area contributed by atoms with E-state index in [1.807, 2.05) is 0 Å². The van der Waals surface area contributed by atoms with Crippen LogP contribution in [0.3, 0.4) is 0 Å². The lowest BCUT2D eigenvalue weighted by molar-refractivity contribution is -0.275. The monoisotopic (exact) mass is 476 g/mol. The number of benzene rings is 2. The zero-order valence-electron chi connectivity index (χ0n) is 16.6. The van der Waals surface area contributed by atoms with E-state index in [1.165, 1.54) is 30.6 Å². The predicted octanol–water partition coefficient (Wildman–Crippen LogP) is 4.11. The van der Waals surface area contributed by atoms with Gasteiger partial charge in [0.1, 0.15) is 22.8 Å². The number of nitrogens with one attached hydrogen (secondary N) is 2. The van der Waals surface area contributed by atoms with E-state index in [0.29, 0.717) is 17.3 Å². The number of rotatable bonds is 7. The lowest BCUT2D eigenvalue weighted by Gasteiger charge is -2.14. The third-order valence-electron chi connectivity index (χ3n) is 4.17. The molecule has 0 atom stereocenters. The summed E-state index contributed by atoms with van der Waals surface area (Å²) in [6, 6.07) is 13.9. The molecule has 0 unspecified atom stereocenters. The normalized spacial score (nSPS) is 11.7. The summed E-state index contributed by atoms with van der Waals surface area (Å²) in [5, 5.41) is 7.14. The summed E-state index contributed by atoms with van der Waals surface area (Å²) >= 11 is 0. The Kier molecular flexibility index (Phi) is 5.87. The van der Waals surface area contributed by atoms with E-state index in [1.54, 1.807) is 41.3 Å². The van der Waals surface area contributed by atoms with Crippen molar-refractivity contribution >= 4 is 27.2 Å². The number of anilines is 3. The fraction of sp³-hybridized carbons (Fsp3) is 0.0500. The summed E-state index contributed by atoms with van der Waals surface area (Å²) in [7, 11) is -4.34. The smallest absolute Gasteiger partial charge is 0.404 e. The Morgan fingerprint density at radius 2 is 1.67 bits per heavy atom. The second-order valence-electron chi connectivity index (χ2n) is 6.51. The minimum atomic E-state index is -5.03. The fourth-order valence-electron chi connectivity index (χ4n) is 2.81. The van der Waals surface area contributed by atoms with Gasteiger partial charge >= 0.3 is 6.36 Å². The Morgan fingerprint density at radius 3 is 2.36 bits per heavy atom. The van der Waals surface area contributed by atoms with E-state index in [4.69, 9.17) is 0 Å². The molecule has 4 rings (SSSR count). The molecule has 2 heterocycles. The van der Waals surface area contributed by atoms with Crippen molar-refractivity contribution in [2.45, 2.75) is 11.3 Å². The first-order chi connectivity index (χ1) is 15.7. The summed E-state index contributed by atoms with van der Waals surface area (Å²) in [4.78, 5) is 7.61. The average molecular weight is 476 g/mol. The number of alkyl halides is 3. The van der Waals surface area contributed by atoms with Gasteiger partial charge in [0.15, 0.2) is 5.82 Å². The highest BCUT2D eigenvalue weighted by Gasteiger charge is 2.34. The van der Waals surface area contributed by atoms with Crippen LogP contribution >= 0.6 is 0 Å². The molecule has 2 N–H and O–H groups in total. The highest BCUT2D eigenvalue weighted by atomic mass is 32.2. The van der Waals surface area contributed by atoms with Gasteiger partial charge in [0.2, 0.25) is 0 Å². The molecule has 0 amide bonds. The molecule has 0 aliphatic carbocycles. The molecule has 0 fully saturated rings. The van der Waals surface area contributed by atoms with Gasteiger partial charge in [-0.1, -0.05) is 12.1 Å². The van der Waals surface area contributed by atoms with Crippen LogP contribution in [0.15, 0.2) is 84.3 Å². The van der Waals surface area contributed by atoms with Gasteiger partial charge in [-0.3, -0.25) is 4.72 Å². The minimum Gasteiger partial charge on any atom is -0.404 e. The maximum atomic E-state index is 12.6. The van der Waals surface area contributed by atoms with Crippen molar-refractivity contribution in [1.29, 1.82) is 0 Å². The molecule has 13 heteroatoms. The Morgan fingerprint density at radius 1 is 0.939 bits per heavy atom. The Labute approximate surface area is 185 Å². The molecule has 0 radical (unpaired) electrons. The molecule has 0 saturated carbocycles. The zero-order chi connectivity index (χ0) is 23.5. The quantitative estimate of drug-likeness (QED) is 0.413. The van der Waals surface area contributed by atoms with Crippen molar-refractivity contribution in [1.82, 2.24) is 19.7 Å². The molecule has 170 valence electrons. The molecule has 2 aromatic heterocycles. The average Bonchev–Trinajstić information content (AvgIpc) is 3.29. The van der Waals surface area contributed by atoms with Crippen molar-refractivity contribution in [3.8, 4) is 11.6 Å². The topological polar surface area (TPSA) is 111 Å². The van der Waals surface area contributed by atoms with Gasteiger partial charge < -0.3 is 10.1 Å². The van der Waals surface area contributed by atoms with Crippen LogP contribution in [0.4, 0.5) is 30.4 Å². The van der Waals surface area contributed by atoms with E-state index in [9.17, 15) is 21.6 Å². The Balaban J connectivity index is 1.49. The van der Waals surface area contributed by atoms with Crippen molar-refractivity contribution in [3.63, 3.8) is 0 Å². The van der Waals surface area contributed by atoms with Crippen LogP contribution in [0.5, 0.6) is 5.75 Å². The molecule has 0 aliphatic rings. The van der Waals surface area contributed by atoms with E-state index in [-0.39, 0.29) is 5.69 Å². The molecular formula is C20H15F3N6O3S. The highest BCUT2D eigenvalue weighted by molar-refractivity contribution is 7.92. The second-order valence-corrected chi connectivity index (χ2v) is 8.17. The first-order valence-electron chi connectivity index (χ1n) is 9.26. The van der Waals surface area contributed by atoms with Crippen molar-refractivity contribution < 1.29 is 26.3 Å². The van der Waals surface area contributed by atoms with E-state index >= 15 is 0 Å². The van der Waals surface area contributed by atoms with Gasteiger partial charge in [0.05, 0.1) is 0 Å². The van der Waals surface area contributed by atoms with Crippen LogP contribution in [0.25, 0.3) is 5.82 Å². The summed E-state index contributed by atoms with van der Waals surface area (Å²) in [5.74, 6) is 0.191. The maximum Gasteiger partial charge on any atom is 0.573 e. The summed E-state index contributed by atoms with van der Waals surface area (Å²) in [5.41, 5.74) is 0.728. The van der Waals surface area contributed by atoms with Crippen molar-refractivity contribution in [2.75, 3.05) is 10.0 Å².